The van der Waals surface area contributed by atoms with Gasteiger partial charge in [-0.2, -0.15) is 4.31 Å². The van der Waals surface area contributed by atoms with Crippen LogP contribution in [0.4, 0.5) is 0 Å². The molecule has 1 fully saturated rings. The Bertz CT molecular complexity index is 773. The molecule has 8 heteroatoms. The fourth-order valence-electron chi connectivity index (χ4n) is 2.75. The van der Waals surface area contributed by atoms with Crippen molar-refractivity contribution in [1.82, 2.24) is 13.7 Å². The number of aromatic nitrogens is 2. The number of hydrogen-bond acceptors (Lipinski definition) is 4. The van der Waals surface area contributed by atoms with Crippen molar-refractivity contribution in [2.45, 2.75) is 32.2 Å². The average Bonchev–Trinajstić information content (AvgIpc) is 2.99. The lowest BCUT2D eigenvalue weighted by atomic mass is 9.80. The summed E-state index contributed by atoms with van der Waals surface area (Å²) in [6, 6.07) is 0. The van der Waals surface area contributed by atoms with Crippen molar-refractivity contribution in [3.8, 4) is 0 Å². The van der Waals surface area contributed by atoms with Crippen molar-refractivity contribution in [3.63, 3.8) is 0 Å². The van der Waals surface area contributed by atoms with Gasteiger partial charge in [-0.25, -0.2) is 13.4 Å². The first-order valence-corrected chi connectivity index (χ1v) is 9.52. The number of sulfonamides is 1. The SMILES string of the molecule is CC(C)(C)C1CCN(S(=O)(=O)c2c(Cl)nc3sccn23)C1. The van der Waals surface area contributed by atoms with E-state index in [0.717, 1.165) is 6.42 Å². The molecule has 1 aliphatic heterocycles. The molecule has 2 aromatic heterocycles. The standard InChI is InChI=1S/C13H18ClN3O2S2/c1-13(2,3)9-4-5-16(8-9)21(18,19)11-10(14)15-12-17(11)6-7-20-12/h6-7,9H,4-5,8H2,1-3H3. The van der Waals surface area contributed by atoms with E-state index in [2.05, 4.69) is 25.8 Å². The van der Waals surface area contributed by atoms with Gasteiger partial charge >= 0.3 is 0 Å². The van der Waals surface area contributed by atoms with Gasteiger partial charge in [0.05, 0.1) is 0 Å². The van der Waals surface area contributed by atoms with Crippen molar-refractivity contribution < 1.29 is 8.42 Å². The zero-order valence-corrected chi connectivity index (χ0v) is 14.6. The largest absolute Gasteiger partial charge is 0.279 e. The summed E-state index contributed by atoms with van der Waals surface area (Å²) >= 11 is 7.44. The zero-order valence-electron chi connectivity index (χ0n) is 12.2. The van der Waals surface area contributed by atoms with Crippen LogP contribution in [-0.4, -0.2) is 35.2 Å². The van der Waals surface area contributed by atoms with Gasteiger partial charge < -0.3 is 0 Å². The first-order chi connectivity index (χ1) is 9.71. The molecule has 0 spiro atoms. The minimum Gasteiger partial charge on any atom is -0.279 e. The Kier molecular flexibility index (Phi) is 3.59. The van der Waals surface area contributed by atoms with Crippen LogP contribution in [0.3, 0.4) is 0 Å². The molecule has 0 aliphatic carbocycles. The average molecular weight is 348 g/mol. The summed E-state index contributed by atoms with van der Waals surface area (Å²) in [6.07, 6.45) is 2.58. The third-order valence-electron chi connectivity index (χ3n) is 4.14. The Labute approximate surface area is 133 Å². The number of fused-ring (bicyclic) bond motifs is 1. The van der Waals surface area contributed by atoms with Gasteiger partial charge in [-0.05, 0) is 17.8 Å². The van der Waals surface area contributed by atoms with Crippen molar-refractivity contribution in [3.05, 3.63) is 16.7 Å². The van der Waals surface area contributed by atoms with Gasteiger partial charge in [-0.3, -0.25) is 4.40 Å². The molecular weight excluding hydrogens is 330 g/mol. The molecule has 0 N–H and O–H groups in total. The molecular formula is C13H18ClN3O2S2. The van der Waals surface area contributed by atoms with E-state index in [1.807, 2.05) is 0 Å². The lowest BCUT2D eigenvalue weighted by molar-refractivity contribution is 0.252. The Balaban J connectivity index is 1.99. The maximum absolute atomic E-state index is 12.9. The van der Waals surface area contributed by atoms with E-state index < -0.39 is 10.0 Å². The van der Waals surface area contributed by atoms with Gasteiger partial charge in [0.2, 0.25) is 0 Å². The highest BCUT2D eigenvalue weighted by Gasteiger charge is 2.40. The normalized spacial score (nSPS) is 21.4. The van der Waals surface area contributed by atoms with Crippen LogP contribution in [0.15, 0.2) is 16.6 Å². The number of hydrogen-bond donors (Lipinski definition) is 0. The van der Waals surface area contributed by atoms with E-state index in [4.69, 9.17) is 11.6 Å². The molecule has 3 rings (SSSR count). The quantitative estimate of drug-likeness (QED) is 0.838. The number of thiazole rings is 1. The third kappa shape index (κ3) is 2.50. The number of halogens is 1. The smallest absolute Gasteiger partial charge is 0.262 e. The molecule has 3 heterocycles. The van der Waals surface area contributed by atoms with E-state index in [0.29, 0.717) is 24.0 Å². The van der Waals surface area contributed by atoms with Gasteiger partial charge in [0.1, 0.15) is 0 Å². The molecule has 21 heavy (non-hydrogen) atoms. The Morgan fingerprint density at radius 3 is 2.76 bits per heavy atom. The predicted molar refractivity (Wildman–Crippen MR) is 84.4 cm³/mol. The van der Waals surface area contributed by atoms with E-state index >= 15 is 0 Å². The van der Waals surface area contributed by atoms with Gasteiger partial charge in [-0.1, -0.05) is 32.4 Å². The summed E-state index contributed by atoms with van der Waals surface area (Å²) in [5.74, 6) is 0.358. The summed E-state index contributed by atoms with van der Waals surface area (Å²) in [5, 5.41) is 1.95. The second kappa shape index (κ2) is 4.94. The van der Waals surface area contributed by atoms with Crippen LogP contribution in [0.1, 0.15) is 27.2 Å². The van der Waals surface area contributed by atoms with Crippen molar-refractivity contribution in [2.24, 2.45) is 11.3 Å². The van der Waals surface area contributed by atoms with Crippen molar-refractivity contribution in [1.29, 1.82) is 0 Å². The van der Waals surface area contributed by atoms with E-state index in [-0.39, 0.29) is 15.6 Å². The van der Waals surface area contributed by atoms with Crippen LogP contribution in [0.5, 0.6) is 0 Å². The van der Waals surface area contributed by atoms with Crippen LogP contribution in [0.25, 0.3) is 4.96 Å². The minimum atomic E-state index is -3.61. The number of nitrogens with zero attached hydrogens (tertiary/aromatic N) is 3. The van der Waals surface area contributed by atoms with Crippen LogP contribution in [0.2, 0.25) is 5.15 Å². The topological polar surface area (TPSA) is 54.7 Å². The summed E-state index contributed by atoms with van der Waals surface area (Å²) in [7, 11) is -3.61. The molecule has 0 bridgehead atoms. The highest BCUT2D eigenvalue weighted by molar-refractivity contribution is 7.89. The molecule has 116 valence electrons. The molecule has 5 nitrogen and oxygen atoms in total. The first kappa shape index (κ1) is 15.3. The van der Waals surface area contributed by atoms with Crippen LogP contribution in [-0.2, 0) is 10.0 Å². The highest BCUT2D eigenvalue weighted by Crippen LogP contribution is 2.37. The Morgan fingerprint density at radius 1 is 1.43 bits per heavy atom. The summed E-state index contributed by atoms with van der Waals surface area (Å²) < 4.78 is 28.9. The van der Waals surface area contributed by atoms with Crippen molar-refractivity contribution in [2.75, 3.05) is 13.1 Å². The number of rotatable bonds is 2. The maximum Gasteiger partial charge on any atom is 0.262 e. The fraction of sp³-hybridized carbons (Fsp3) is 0.615. The fourth-order valence-corrected chi connectivity index (χ4v) is 5.65. The molecule has 0 radical (unpaired) electrons. The summed E-state index contributed by atoms with van der Waals surface area (Å²) in [4.78, 5) is 4.72. The molecule has 1 saturated heterocycles. The summed E-state index contributed by atoms with van der Waals surface area (Å²) in [6.45, 7) is 7.53. The van der Waals surface area contributed by atoms with E-state index in [9.17, 15) is 8.42 Å². The van der Waals surface area contributed by atoms with Crippen LogP contribution >= 0.6 is 22.9 Å². The van der Waals surface area contributed by atoms with Crippen LogP contribution in [0, 0.1) is 11.3 Å². The summed E-state index contributed by atoms with van der Waals surface area (Å²) in [5.41, 5.74) is 0.100. The first-order valence-electron chi connectivity index (χ1n) is 6.82. The zero-order chi connectivity index (χ0) is 15.4. The number of imidazole rings is 1. The van der Waals surface area contributed by atoms with E-state index in [1.165, 1.54) is 15.6 Å². The molecule has 2 aromatic rings. The molecule has 1 unspecified atom stereocenters. The van der Waals surface area contributed by atoms with Gasteiger partial charge in [0.15, 0.2) is 15.1 Å². The predicted octanol–water partition coefficient (Wildman–Crippen LogP) is 3.11. The molecule has 1 aliphatic rings. The van der Waals surface area contributed by atoms with Gasteiger partial charge in [-0.15, -0.1) is 11.3 Å². The van der Waals surface area contributed by atoms with Gasteiger partial charge in [0.25, 0.3) is 10.0 Å². The lowest BCUT2D eigenvalue weighted by Gasteiger charge is -2.26. The van der Waals surface area contributed by atoms with Crippen LogP contribution < -0.4 is 0 Å². The molecule has 0 aromatic carbocycles. The molecule has 0 saturated carbocycles. The molecule has 1 atom stereocenters. The third-order valence-corrected chi connectivity index (χ3v) is 7.16. The second-order valence-electron chi connectivity index (χ2n) is 6.48. The highest BCUT2D eigenvalue weighted by atomic mass is 35.5. The Morgan fingerprint density at radius 2 is 2.14 bits per heavy atom. The molecule has 0 amide bonds. The van der Waals surface area contributed by atoms with Crippen molar-refractivity contribution >= 4 is 37.9 Å². The van der Waals surface area contributed by atoms with E-state index in [1.54, 1.807) is 16.0 Å². The lowest BCUT2D eigenvalue weighted by Crippen LogP contribution is -2.32. The Hall–Kier alpha value is -0.630. The van der Waals surface area contributed by atoms with Gasteiger partial charge in [0, 0.05) is 24.7 Å². The second-order valence-corrected chi connectivity index (χ2v) is 9.56. The monoisotopic (exact) mass is 347 g/mol. The minimum absolute atomic E-state index is 0.0565. The maximum atomic E-state index is 12.9.